The van der Waals surface area contributed by atoms with Crippen molar-refractivity contribution in [3.8, 4) is 0 Å². The van der Waals surface area contributed by atoms with Crippen LogP contribution in [0, 0.1) is 0 Å². The molecule has 0 aliphatic heterocycles. The molecule has 0 fully saturated rings. The van der Waals surface area contributed by atoms with Crippen LogP contribution in [0.1, 0.15) is 68.7 Å². The molecule has 0 saturated heterocycles. The minimum absolute atomic E-state index is 0.167. The second-order valence-electron chi connectivity index (χ2n) is 9.89. The minimum Gasteiger partial charge on any atom is -0.458 e. The number of hydrogen-bond acceptors (Lipinski definition) is 7. The fraction of sp³-hybridized carbons (Fsp3) is 0.800. The Kier molecular flexibility index (Phi) is 9.77. The molecule has 0 rings (SSSR count). The first-order chi connectivity index (χ1) is 13.3. The van der Waals surface area contributed by atoms with E-state index in [1.54, 1.807) is 62.3 Å². The van der Waals surface area contributed by atoms with E-state index in [1.807, 2.05) is 0 Å². The highest BCUT2D eigenvalue weighted by Crippen LogP contribution is 2.12. The van der Waals surface area contributed by atoms with Crippen LogP contribution < -0.4 is 16.4 Å². The molecule has 0 radical (unpaired) electrons. The van der Waals surface area contributed by atoms with Gasteiger partial charge in [-0.1, -0.05) is 0 Å². The zero-order valence-electron chi connectivity index (χ0n) is 19.5. The lowest BCUT2D eigenvalue weighted by Crippen LogP contribution is -2.55. The Morgan fingerprint density at radius 3 is 1.67 bits per heavy atom. The molecule has 0 spiro atoms. The number of nitrogens with two attached hydrogens (primary N) is 1. The maximum atomic E-state index is 12.7. The van der Waals surface area contributed by atoms with Crippen molar-refractivity contribution in [2.45, 2.75) is 97.6 Å². The summed E-state index contributed by atoms with van der Waals surface area (Å²) in [5.41, 5.74) is 3.02. The van der Waals surface area contributed by atoms with E-state index < -0.39 is 59.2 Å². The summed E-state index contributed by atoms with van der Waals surface area (Å²) in [6, 6.07) is -2.50. The summed E-state index contributed by atoms with van der Waals surface area (Å²) in [6.07, 6.45) is -1.38. The molecule has 10 nitrogen and oxygen atoms in total. The van der Waals surface area contributed by atoms with Crippen LogP contribution in [0.15, 0.2) is 0 Å². The molecule has 0 aliphatic rings. The molecule has 30 heavy (non-hydrogen) atoms. The molecule has 0 aliphatic carbocycles. The van der Waals surface area contributed by atoms with Crippen LogP contribution in [-0.2, 0) is 28.6 Å². The highest BCUT2D eigenvalue weighted by Gasteiger charge is 2.32. The maximum Gasteiger partial charge on any atom is 0.408 e. The van der Waals surface area contributed by atoms with E-state index in [9.17, 15) is 19.2 Å². The quantitative estimate of drug-likeness (QED) is 0.492. The molecule has 174 valence electrons. The number of amides is 3. The molecule has 0 aromatic heterocycles. The van der Waals surface area contributed by atoms with Crippen LogP contribution in [0.5, 0.6) is 0 Å². The monoisotopic (exact) mass is 431 g/mol. The fourth-order valence-corrected chi connectivity index (χ4v) is 2.01. The summed E-state index contributed by atoms with van der Waals surface area (Å²) in [4.78, 5) is 48.7. The first kappa shape index (κ1) is 27.6. The molecular weight excluding hydrogens is 394 g/mol. The number of carbonyl (C=O) groups excluding carboxylic acids is 4. The van der Waals surface area contributed by atoms with Gasteiger partial charge >= 0.3 is 12.1 Å². The molecule has 0 aromatic carbocycles. The molecule has 0 bridgehead atoms. The molecule has 0 saturated carbocycles. The Labute approximate surface area is 178 Å². The van der Waals surface area contributed by atoms with Crippen LogP contribution in [0.4, 0.5) is 4.79 Å². The topological polar surface area (TPSA) is 146 Å². The predicted molar refractivity (Wildman–Crippen MR) is 110 cm³/mol. The van der Waals surface area contributed by atoms with Crippen LogP contribution in [0.2, 0.25) is 0 Å². The van der Waals surface area contributed by atoms with Crippen LogP contribution in [0.3, 0.4) is 0 Å². The largest absolute Gasteiger partial charge is 0.458 e. The first-order valence-electron chi connectivity index (χ1n) is 9.74. The lowest BCUT2D eigenvalue weighted by atomic mass is 10.1. The molecular formula is C20H37N3O7. The van der Waals surface area contributed by atoms with E-state index in [2.05, 4.69) is 10.6 Å². The van der Waals surface area contributed by atoms with E-state index in [1.165, 1.54) is 0 Å². The Hall–Kier alpha value is -2.36. The Morgan fingerprint density at radius 1 is 0.767 bits per heavy atom. The molecule has 2 atom stereocenters. The number of rotatable bonds is 8. The molecule has 0 heterocycles. The Balaban J connectivity index is 5.43. The number of nitrogens with one attached hydrogen (secondary N) is 2. The highest BCUT2D eigenvalue weighted by molar-refractivity contribution is 5.93. The second kappa shape index (κ2) is 10.6. The van der Waals surface area contributed by atoms with Crippen molar-refractivity contribution in [3.05, 3.63) is 0 Å². The third-order valence-corrected chi connectivity index (χ3v) is 3.10. The van der Waals surface area contributed by atoms with Gasteiger partial charge in [-0.15, -0.1) is 0 Å². The number of ether oxygens (including phenoxy) is 3. The van der Waals surface area contributed by atoms with Gasteiger partial charge in [-0.3, -0.25) is 9.59 Å². The van der Waals surface area contributed by atoms with Crippen molar-refractivity contribution in [2.24, 2.45) is 5.73 Å². The van der Waals surface area contributed by atoms with Crippen LogP contribution >= 0.6 is 0 Å². The van der Waals surface area contributed by atoms with Crippen molar-refractivity contribution in [3.63, 3.8) is 0 Å². The van der Waals surface area contributed by atoms with E-state index >= 15 is 0 Å². The van der Waals surface area contributed by atoms with E-state index in [0.29, 0.717) is 0 Å². The molecule has 0 unspecified atom stereocenters. The number of hydrogen-bond donors (Lipinski definition) is 3. The number of alkyl carbamates (subject to hydrolysis) is 1. The van der Waals surface area contributed by atoms with Gasteiger partial charge in [0.15, 0.2) is 6.04 Å². The second-order valence-corrected chi connectivity index (χ2v) is 9.89. The smallest absolute Gasteiger partial charge is 0.408 e. The van der Waals surface area contributed by atoms with E-state index in [0.717, 1.165) is 0 Å². The Morgan fingerprint density at radius 2 is 1.27 bits per heavy atom. The summed E-state index contributed by atoms with van der Waals surface area (Å²) in [5, 5.41) is 4.77. The van der Waals surface area contributed by atoms with E-state index in [4.69, 9.17) is 19.9 Å². The van der Waals surface area contributed by atoms with E-state index in [-0.39, 0.29) is 6.61 Å². The van der Waals surface area contributed by atoms with Crippen molar-refractivity contribution in [1.29, 1.82) is 0 Å². The minimum atomic E-state index is -1.34. The highest BCUT2D eigenvalue weighted by atomic mass is 16.6. The molecule has 0 aromatic rings. The lowest BCUT2D eigenvalue weighted by Gasteiger charge is -2.28. The van der Waals surface area contributed by atoms with Crippen LogP contribution in [0.25, 0.3) is 0 Å². The summed E-state index contributed by atoms with van der Waals surface area (Å²) in [7, 11) is 0. The normalized spacial score (nSPS) is 14.3. The summed E-state index contributed by atoms with van der Waals surface area (Å²) in [6.45, 7) is 15.2. The van der Waals surface area contributed by atoms with Crippen molar-refractivity contribution in [1.82, 2.24) is 10.6 Å². The zero-order chi connectivity index (χ0) is 23.9. The third kappa shape index (κ3) is 13.8. The van der Waals surface area contributed by atoms with Crippen molar-refractivity contribution >= 4 is 23.9 Å². The standard InChI is InChI=1S/C20H37N3O7/c1-18(2,3)28-11-13(16(26)29-19(4,5)6)22-15(25)12(10-14(21)24)23-17(27)30-20(7,8)9/h12-13H,10-11H2,1-9H3,(H2,21,24)(H,22,25)(H,23,27)/t12-,13+/m0/s1. The summed E-state index contributed by atoms with van der Waals surface area (Å²) < 4.78 is 16.1. The predicted octanol–water partition coefficient (Wildman–Crippen LogP) is 1.40. The number of primary amides is 1. The van der Waals surface area contributed by atoms with Gasteiger partial charge < -0.3 is 30.6 Å². The lowest BCUT2D eigenvalue weighted by molar-refractivity contribution is -0.162. The van der Waals surface area contributed by atoms with Crippen molar-refractivity contribution in [2.75, 3.05) is 6.61 Å². The fourth-order valence-electron chi connectivity index (χ4n) is 2.01. The van der Waals surface area contributed by atoms with Gasteiger partial charge in [0.2, 0.25) is 11.8 Å². The third-order valence-electron chi connectivity index (χ3n) is 3.10. The van der Waals surface area contributed by atoms with Gasteiger partial charge in [0.05, 0.1) is 18.6 Å². The molecule has 4 N–H and O–H groups in total. The summed E-state index contributed by atoms with van der Waals surface area (Å²) >= 11 is 0. The number of esters is 1. The Bertz CT molecular complexity index is 628. The van der Waals surface area contributed by atoms with Gasteiger partial charge in [-0.05, 0) is 62.3 Å². The van der Waals surface area contributed by atoms with Gasteiger partial charge in [-0.2, -0.15) is 0 Å². The van der Waals surface area contributed by atoms with Gasteiger partial charge in [-0.25, -0.2) is 9.59 Å². The van der Waals surface area contributed by atoms with Gasteiger partial charge in [0.1, 0.15) is 17.2 Å². The average Bonchev–Trinajstić information content (AvgIpc) is 2.45. The average molecular weight is 432 g/mol. The van der Waals surface area contributed by atoms with Crippen LogP contribution in [-0.4, -0.2) is 59.4 Å². The SMILES string of the molecule is CC(C)(C)OC[C@@H](NC(=O)[C@H](CC(N)=O)NC(=O)OC(C)(C)C)C(=O)OC(C)(C)C. The van der Waals surface area contributed by atoms with Crippen molar-refractivity contribution < 1.29 is 33.4 Å². The van der Waals surface area contributed by atoms with Gasteiger partial charge in [0.25, 0.3) is 0 Å². The first-order valence-corrected chi connectivity index (χ1v) is 9.74. The summed E-state index contributed by atoms with van der Waals surface area (Å²) in [5.74, 6) is -2.32. The maximum absolute atomic E-state index is 12.7. The molecule has 3 amide bonds. The molecule has 10 heteroatoms. The number of carbonyl (C=O) groups is 4. The zero-order valence-corrected chi connectivity index (χ0v) is 19.5. The van der Waals surface area contributed by atoms with Gasteiger partial charge in [0, 0.05) is 0 Å².